The van der Waals surface area contributed by atoms with Crippen molar-refractivity contribution < 1.29 is 4.57 Å². The lowest BCUT2D eigenvalue weighted by Gasteiger charge is -2.01. The fourth-order valence-corrected chi connectivity index (χ4v) is 2.97. The molecule has 0 bridgehead atoms. The van der Waals surface area contributed by atoms with Crippen LogP contribution >= 0.6 is 18.5 Å². The molecule has 0 saturated carbocycles. The van der Waals surface area contributed by atoms with Crippen molar-refractivity contribution in [2.75, 3.05) is 19.9 Å². The van der Waals surface area contributed by atoms with E-state index in [-0.39, 0.29) is 0 Å². The molecule has 1 aromatic heterocycles. The van der Waals surface area contributed by atoms with E-state index >= 15 is 0 Å². The van der Waals surface area contributed by atoms with Gasteiger partial charge in [0.2, 0.25) is 0 Å². The zero-order chi connectivity index (χ0) is 11.3. The van der Waals surface area contributed by atoms with E-state index in [2.05, 4.69) is 15.0 Å². The van der Waals surface area contributed by atoms with Gasteiger partial charge in [-0.15, -0.1) is 11.3 Å². The van der Waals surface area contributed by atoms with Crippen LogP contribution in [-0.2, 0) is 17.1 Å². The average molecular weight is 244 g/mol. The van der Waals surface area contributed by atoms with Gasteiger partial charge in [0.25, 0.3) is 0 Å². The molecule has 15 heavy (non-hydrogen) atoms. The normalized spacial score (nSPS) is 11.1. The molecule has 82 valence electrons. The smallest absolute Gasteiger partial charge is 0.0929 e. The molecular formula is C8H13N4OPS. The average Bonchev–Trinajstić information content (AvgIpc) is 2.50. The third-order valence-corrected chi connectivity index (χ3v) is 3.67. The second-order valence-electron chi connectivity index (χ2n) is 3.67. The molecule has 0 spiro atoms. The summed E-state index contributed by atoms with van der Waals surface area (Å²) < 4.78 is 11.6. The first-order valence-electron chi connectivity index (χ1n) is 4.49. The van der Waals surface area contributed by atoms with E-state index in [1.54, 1.807) is 13.3 Å². The van der Waals surface area contributed by atoms with Gasteiger partial charge in [-0.1, -0.05) is 5.11 Å². The van der Waals surface area contributed by atoms with E-state index in [1.807, 2.05) is 5.38 Å². The van der Waals surface area contributed by atoms with Crippen molar-refractivity contribution in [1.82, 2.24) is 4.98 Å². The maximum atomic E-state index is 11.6. The Morgan fingerprint density at radius 1 is 1.67 bits per heavy atom. The molecule has 5 nitrogen and oxygen atoms in total. The van der Waals surface area contributed by atoms with E-state index in [1.165, 1.54) is 11.3 Å². The highest BCUT2D eigenvalue weighted by Crippen LogP contribution is 2.40. The number of rotatable bonds is 5. The van der Waals surface area contributed by atoms with Gasteiger partial charge in [-0.05, 0) is 18.9 Å². The summed E-state index contributed by atoms with van der Waals surface area (Å²) in [6.07, 6.45) is 1.21. The first-order valence-corrected chi connectivity index (χ1v) is 8.16. The standard InChI is InChI=1S/C8H13N4OPS/c1-14(2,13)5-7-6-15-8(11-7)3-4-10-12-9/h6H,3-5H2,1-2H3. The Morgan fingerprint density at radius 2 is 2.40 bits per heavy atom. The molecule has 0 aliphatic heterocycles. The largest absolute Gasteiger partial charge is 0.324 e. The Bertz CT molecular complexity index is 418. The minimum Gasteiger partial charge on any atom is -0.324 e. The topological polar surface area (TPSA) is 78.7 Å². The van der Waals surface area contributed by atoms with Crippen molar-refractivity contribution in [3.63, 3.8) is 0 Å². The van der Waals surface area contributed by atoms with E-state index < -0.39 is 7.14 Å². The lowest BCUT2D eigenvalue weighted by atomic mass is 10.4. The molecule has 1 aromatic rings. The minimum atomic E-state index is -2.04. The van der Waals surface area contributed by atoms with Crippen LogP contribution in [0.15, 0.2) is 10.5 Å². The predicted molar refractivity (Wildman–Crippen MR) is 63.0 cm³/mol. The van der Waals surface area contributed by atoms with Gasteiger partial charge in [0.15, 0.2) is 0 Å². The van der Waals surface area contributed by atoms with Crippen LogP contribution in [0.5, 0.6) is 0 Å². The number of azide groups is 1. The third-order valence-electron chi connectivity index (χ3n) is 1.63. The molecule has 0 saturated heterocycles. The molecule has 0 N–H and O–H groups in total. The molecule has 0 aliphatic rings. The van der Waals surface area contributed by atoms with E-state index in [0.717, 1.165) is 10.7 Å². The number of hydrogen-bond acceptors (Lipinski definition) is 4. The number of aromatic nitrogens is 1. The van der Waals surface area contributed by atoms with Crippen molar-refractivity contribution >= 4 is 18.5 Å². The molecule has 0 aliphatic carbocycles. The molecule has 0 unspecified atom stereocenters. The summed E-state index contributed by atoms with van der Waals surface area (Å²) in [5.41, 5.74) is 8.99. The third kappa shape index (κ3) is 4.98. The fraction of sp³-hybridized carbons (Fsp3) is 0.625. The molecule has 7 heteroatoms. The molecule has 0 amide bonds. The van der Waals surface area contributed by atoms with Gasteiger partial charge in [0, 0.05) is 29.4 Å². The summed E-state index contributed by atoms with van der Waals surface area (Å²) in [5, 5.41) is 6.30. The zero-order valence-electron chi connectivity index (χ0n) is 8.75. The van der Waals surface area contributed by atoms with Gasteiger partial charge < -0.3 is 4.57 Å². The van der Waals surface area contributed by atoms with Crippen molar-refractivity contribution in [2.45, 2.75) is 12.6 Å². The number of nitrogens with zero attached hydrogens (tertiary/aromatic N) is 4. The van der Waals surface area contributed by atoms with Crippen molar-refractivity contribution in [1.29, 1.82) is 0 Å². The fourth-order valence-electron chi connectivity index (χ4n) is 1.12. The highest BCUT2D eigenvalue weighted by atomic mass is 32.1. The predicted octanol–water partition coefficient (Wildman–Crippen LogP) is 3.12. The maximum Gasteiger partial charge on any atom is 0.0929 e. The summed E-state index contributed by atoms with van der Waals surface area (Å²) in [7, 11) is -2.04. The lowest BCUT2D eigenvalue weighted by molar-refractivity contribution is 0.581. The Balaban J connectivity index is 2.56. The SMILES string of the molecule is CP(C)(=O)Cc1csc(CCN=[N+]=[N-])n1. The van der Waals surface area contributed by atoms with E-state index in [0.29, 0.717) is 19.1 Å². The molecule has 1 rings (SSSR count). The monoisotopic (exact) mass is 244 g/mol. The summed E-state index contributed by atoms with van der Waals surface area (Å²) in [5.74, 6) is 0. The second kappa shape index (κ2) is 5.31. The first-order chi connectivity index (χ1) is 7.01. The molecule has 0 radical (unpaired) electrons. The van der Waals surface area contributed by atoms with Gasteiger partial charge in [0.05, 0.1) is 17.8 Å². The molecule has 0 atom stereocenters. The van der Waals surface area contributed by atoms with Gasteiger partial charge in [-0.3, -0.25) is 0 Å². The number of thiazole rings is 1. The van der Waals surface area contributed by atoms with Crippen LogP contribution in [0.1, 0.15) is 10.7 Å². The van der Waals surface area contributed by atoms with Crippen LogP contribution in [-0.4, -0.2) is 24.9 Å². The highest BCUT2D eigenvalue weighted by molar-refractivity contribution is 7.61. The molecular weight excluding hydrogens is 231 g/mol. The van der Waals surface area contributed by atoms with Crippen molar-refractivity contribution in [3.8, 4) is 0 Å². The summed E-state index contributed by atoms with van der Waals surface area (Å²) in [4.78, 5) is 7.00. The van der Waals surface area contributed by atoms with E-state index in [4.69, 9.17) is 5.53 Å². The molecule has 0 aromatic carbocycles. The lowest BCUT2D eigenvalue weighted by Crippen LogP contribution is -1.90. The van der Waals surface area contributed by atoms with Crippen LogP contribution in [0, 0.1) is 0 Å². The summed E-state index contributed by atoms with van der Waals surface area (Å²) in [6, 6.07) is 0. The molecule has 1 heterocycles. The van der Waals surface area contributed by atoms with E-state index in [9.17, 15) is 4.57 Å². The zero-order valence-corrected chi connectivity index (χ0v) is 10.5. The van der Waals surface area contributed by atoms with Crippen molar-refractivity contribution in [2.24, 2.45) is 5.11 Å². The van der Waals surface area contributed by atoms with Gasteiger partial charge in [0.1, 0.15) is 0 Å². The Kier molecular flexibility index (Phi) is 4.33. The summed E-state index contributed by atoms with van der Waals surface area (Å²) in [6.45, 7) is 3.94. The van der Waals surface area contributed by atoms with Gasteiger partial charge in [-0.25, -0.2) is 4.98 Å². The Morgan fingerprint density at radius 3 is 3.00 bits per heavy atom. The quantitative estimate of drug-likeness (QED) is 0.345. The van der Waals surface area contributed by atoms with Crippen LogP contribution in [0.25, 0.3) is 10.4 Å². The Hall–Kier alpha value is -0.830. The Labute approximate surface area is 92.5 Å². The second-order valence-corrected chi connectivity index (χ2v) is 8.08. The van der Waals surface area contributed by atoms with Gasteiger partial charge in [-0.2, -0.15) is 0 Å². The molecule has 0 fully saturated rings. The maximum absolute atomic E-state index is 11.6. The summed E-state index contributed by atoms with van der Waals surface area (Å²) >= 11 is 1.53. The van der Waals surface area contributed by atoms with Crippen LogP contribution < -0.4 is 0 Å². The van der Waals surface area contributed by atoms with Crippen molar-refractivity contribution in [3.05, 3.63) is 26.5 Å². The minimum absolute atomic E-state index is 0.430. The van der Waals surface area contributed by atoms with Crippen LogP contribution in [0.4, 0.5) is 0 Å². The highest BCUT2D eigenvalue weighted by Gasteiger charge is 2.11. The van der Waals surface area contributed by atoms with Gasteiger partial charge >= 0.3 is 0 Å². The first kappa shape index (κ1) is 12.2. The number of hydrogen-bond donors (Lipinski definition) is 0. The van der Waals surface area contributed by atoms with Crippen LogP contribution in [0.3, 0.4) is 0 Å². The van der Waals surface area contributed by atoms with Crippen LogP contribution in [0.2, 0.25) is 0 Å².